The molecule has 5 rings (SSSR count). The van der Waals surface area contributed by atoms with Crippen molar-refractivity contribution in [3.63, 3.8) is 0 Å². The van der Waals surface area contributed by atoms with Crippen LogP contribution in [0.2, 0.25) is 0 Å². The Labute approximate surface area is 185 Å². The van der Waals surface area contributed by atoms with Crippen LogP contribution in [0.4, 0.5) is 0 Å². The van der Waals surface area contributed by atoms with E-state index in [1.165, 1.54) is 7.11 Å². The fourth-order valence-electron chi connectivity index (χ4n) is 3.85. The lowest BCUT2D eigenvalue weighted by Crippen LogP contribution is -2.05. The van der Waals surface area contributed by atoms with Crippen LogP contribution in [0.5, 0.6) is 0 Å². The second-order valence-corrected chi connectivity index (χ2v) is 7.42. The summed E-state index contributed by atoms with van der Waals surface area (Å²) in [6, 6.07) is 29.7. The largest absolute Gasteiger partial charge is 0.364 e. The summed E-state index contributed by atoms with van der Waals surface area (Å²) < 4.78 is 5.33. The van der Waals surface area contributed by atoms with Gasteiger partial charge < -0.3 is 9.84 Å². The third kappa shape index (κ3) is 3.73. The van der Waals surface area contributed by atoms with Crippen LogP contribution < -0.4 is 0 Å². The van der Waals surface area contributed by atoms with E-state index in [1.54, 1.807) is 0 Å². The van der Waals surface area contributed by atoms with Gasteiger partial charge in [-0.2, -0.15) is 10.2 Å². The van der Waals surface area contributed by atoms with Crippen LogP contribution in [0, 0.1) is 0 Å². The summed E-state index contributed by atoms with van der Waals surface area (Å²) in [5.41, 5.74) is 7.53. The minimum atomic E-state index is -1.12. The molecular weight excluding hydrogens is 400 g/mol. The second-order valence-electron chi connectivity index (χ2n) is 7.42. The molecule has 158 valence electrons. The molecule has 3 N–H and O–H groups in total. The molecule has 0 saturated carbocycles. The zero-order valence-electron chi connectivity index (χ0n) is 17.5. The van der Waals surface area contributed by atoms with Gasteiger partial charge >= 0.3 is 0 Å². The van der Waals surface area contributed by atoms with Gasteiger partial charge in [-0.25, -0.2) is 0 Å². The van der Waals surface area contributed by atoms with Gasteiger partial charge in [0.05, 0.1) is 22.8 Å². The highest BCUT2D eigenvalue weighted by molar-refractivity contribution is 5.79. The van der Waals surface area contributed by atoms with Gasteiger partial charge in [0.25, 0.3) is 0 Å². The van der Waals surface area contributed by atoms with E-state index < -0.39 is 6.29 Å². The number of methoxy groups -OCH3 is 1. The zero-order chi connectivity index (χ0) is 21.9. The molecule has 1 atom stereocenters. The van der Waals surface area contributed by atoms with E-state index in [9.17, 15) is 5.11 Å². The zero-order valence-corrected chi connectivity index (χ0v) is 17.5. The van der Waals surface area contributed by atoms with E-state index in [1.807, 2.05) is 91.0 Å². The number of rotatable bonds is 6. The fourth-order valence-corrected chi connectivity index (χ4v) is 3.85. The molecule has 3 aromatic carbocycles. The number of H-pyrrole nitrogens is 2. The van der Waals surface area contributed by atoms with Crippen LogP contribution in [0.15, 0.2) is 91.0 Å². The first kappa shape index (κ1) is 19.9. The molecule has 0 bridgehead atoms. The number of hydrogen-bond donors (Lipinski definition) is 3. The monoisotopic (exact) mass is 422 g/mol. The van der Waals surface area contributed by atoms with Gasteiger partial charge in [-0.1, -0.05) is 78.9 Å². The fraction of sp³-hybridized carbons (Fsp3) is 0.0769. The van der Waals surface area contributed by atoms with Crippen molar-refractivity contribution in [1.82, 2.24) is 20.4 Å². The van der Waals surface area contributed by atoms with Gasteiger partial charge in [-0.05, 0) is 12.1 Å². The van der Waals surface area contributed by atoms with Crippen LogP contribution in [0.3, 0.4) is 0 Å². The van der Waals surface area contributed by atoms with Crippen molar-refractivity contribution in [2.45, 2.75) is 6.29 Å². The summed E-state index contributed by atoms with van der Waals surface area (Å²) in [5, 5.41) is 25.9. The predicted molar refractivity (Wildman–Crippen MR) is 124 cm³/mol. The average molecular weight is 422 g/mol. The standard InChI is InChI=1S/C26H22N4O2/c1-32-26(31)25-19(23-15-21(27-29-23)17-9-4-2-5-10-17)13-8-14-20(25)24-16-22(28-30-24)18-11-6-3-7-12-18/h2-16,26,31H,1H3,(H,27,29)(H,28,30). The Morgan fingerprint density at radius 3 is 1.59 bits per heavy atom. The van der Waals surface area contributed by atoms with Crippen molar-refractivity contribution in [2.75, 3.05) is 7.11 Å². The predicted octanol–water partition coefficient (Wildman–Crippen LogP) is 5.44. The topological polar surface area (TPSA) is 86.8 Å². The van der Waals surface area contributed by atoms with Crippen LogP contribution >= 0.6 is 0 Å². The molecule has 2 heterocycles. The molecule has 0 fully saturated rings. The maximum Gasteiger partial charge on any atom is 0.182 e. The molecule has 0 radical (unpaired) electrons. The first-order valence-electron chi connectivity index (χ1n) is 10.3. The van der Waals surface area contributed by atoms with E-state index in [0.717, 1.165) is 45.0 Å². The summed E-state index contributed by atoms with van der Waals surface area (Å²) in [6.45, 7) is 0. The molecule has 5 aromatic rings. The number of aliphatic hydroxyl groups excluding tert-OH is 1. The van der Waals surface area contributed by atoms with Crippen molar-refractivity contribution in [3.05, 3.63) is 96.6 Å². The van der Waals surface area contributed by atoms with Crippen LogP contribution in [0.1, 0.15) is 11.9 Å². The molecule has 0 saturated heterocycles. The normalized spacial score (nSPS) is 12.1. The highest BCUT2D eigenvalue weighted by Gasteiger charge is 2.21. The molecule has 1 unspecified atom stereocenters. The molecule has 6 nitrogen and oxygen atoms in total. The first-order chi connectivity index (χ1) is 15.7. The van der Waals surface area contributed by atoms with E-state index in [4.69, 9.17) is 4.74 Å². The average Bonchev–Trinajstić information content (AvgIpc) is 3.55. The number of aromatic nitrogens is 4. The number of aromatic amines is 2. The highest BCUT2D eigenvalue weighted by Crippen LogP contribution is 2.37. The molecule has 0 aliphatic carbocycles. The summed E-state index contributed by atoms with van der Waals surface area (Å²) >= 11 is 0. The van der Waals surface area contributed by atoms with Gasteiger partial charge in [0, 0.05) is 34.9 Å². The molecular formula is C26H22N4O2. The van der Waals surface area contributed by atoms with Gasteiger partial charge in [0.1, 0.15) is 0 Å². The molecule has 6 heteroatoms. The summed E-state index contributed by atoms with van der Waals surface area (Å²) in [6.07, 6.45) is -1.12. The number of nitrogens with zero attached hydrogens (tertiary/aromatic N) is 2. The maximum atomic E-state index is 10.8. The smallest absolute Gasteiger partial charge is 0.182 e. The van der Waals surface area contributed by atoms with Crippen molar-refractivity contribution < 1.29 is 9.84 Å². The molecule has 0 aliphatic rings. The third-order valence-electron chi connectivity index (χ3n) is 5.45. The molecule has 0 spiro atoms. The molecule has 32 heavy (non-hydrogen) atoms. The number of aliphatic hydroxyl groups is 1. The van der Waals surface area contributed by atoms with Crippen LogP contribution in [0.25, 0.3) is 45.0 Å². The van der Waals surface area contributed by atoms with Gasteiger partial charge in [0.2, 0.25) is 0 Å². The number of hydrogen-bond acceptors (Lipinski definition) is 4. The Morgan fingerprint density at radius 2 is 1.16 bits per heavy atom. The number of benzene rings is 3. The van der Waals surface area contributed by atoms with Crippen LogP contribution in [-0.2, 0) is 4.74 Å². The highest BCUT2D eigenvalue weighted by atomic mass is 16.6. The van der Waals surface area contributed by atoms with Crippen molar-refractivity contribution in [2.24, 2.45) is 0 Å². The number of ether oxygens (including phenoxy) is 1. The first-order valence-corrected chi connectivity index (χ1v) is 10.3. The molecule has 0 amide bonds. The van der Waals surface area contributed by atoms with E-state index >= 15 is 0 Å². The summed E-state index contributed by atoms with van der Waals surface area (Å²) in [4.78, 5) is 0. The Balaban J connectivity index is 1.60. The third-order valence-corrected chi connectivity index (χ3v) is 5.45. The lowest BCUT2D eigenvalue weighted by Gasteiger charge is -2.17. The Kier molecular flexibility index (Phi) is 5.37. The van der Waals surface area contributed by atoms with Crippen molar-refractivity contribution in [3.8, 4) is 45.0 Å². The lowest BCUT2D eigenvalue weighted by molar-refractivity contribution is -0.0761. The quantitative estimate of drug-likeness (QED) is 0.318. The van der Waals surface area contributed by atoms with E-state index in [2.05, 4.69) is 20.4 Å². The van der Waals surface area contributed by atoms with Gasteiger partial charge in [0.15, 0.2) is 6.29 Å². The lowest BCUT2D eigenvalue weighted by atomic mass is 9.95. The van der Waals surface area contributed by atoms with Crippen LogP contribution in [-0.4, -0.2) is 32.6 Å². The Morgan fingerprint density at radius 1 is 0.688 bits per heavy atom. The number of nitrogens with one attached hydrogen (secondary N) is 2. The Bertz CT molecular complexity index is 1230. The van der Waals surface area contributed by atoms with Gasteiger partial charge in [-0.3, -0.25) is 10.2 Å². The van der Waals surface area contributed by atoms with E-state index in [-0.39, 0.29) is 0 Å². The minimum Gasteiger partial charge on any atom is -0.364 e. The molecule has 2 aromatic heterocycles. The van der Waals surface area contributed by atoms with E-state index in [0.29, 0.717) is 5.56 Å². The second kappa shape index (κ2) is 8.63. The minimum absolute atomic E-state index is 0.640. The Hall–Kier alpha value is -4.00. The van der Waals surface area contributed by atoms with Crippen molar-refractivity contribution >= 4 is 0 Å². The molecule has 0 aliphatic heterocycles. The summed E-state index contributed by atoms with van der Waals surface area (Å²) in [7, 11) is 1.48. The maximum absolute atomic E-state index is 10.8. The SMILES string of the molecule is COC(O)c1c(-c2cc(-c3ccccc3)n[nH]2)cccc1-c1cc(-c2ccccc2)n[nH]1. The summed E-state index contributed by atoms with van der Waals surface area (Å²) in [5.74, 6) is 0. The van der Waals surface area contributed by atoms with Crippen molar-refractivity contribution in [1.29, 1.82) is 0 Å². The van der Waals surface area contributed by atoms with Gasteiger partial charge in [-0.15, -0.1) is 0 Å².